The molecule has 0 fully saturated rings. The summed E-state index contributed by atoms with van der Waals surface area (Å²) in [5.41, 5.74) is 6.37. The van der Waals surface area contributed by atoms with Gasteiger partial charge in [0.1, 0.15) is 0 Å². The van der Waals surface area contributed by atoms with Crippen molar-refractivity contribution in [2.24, 2.45) is 0 Å². The van der Waals surface area contributed by atoms with Crippen molar-refractivity contribution in [2.75, 3.05) is 30.7 Å². The van der Waals surface area contributed by atoms with Gasteiger partial charge in [0.05, 0.1) is 23.5 Å². The zero-order chi connectivity index (χ0) is 14.4. The summed E-state index contributed by atoms with van der Waals surface area (Å²) >= 11 is 0. The molecular formula is C13H19N3O3. The van der Waals surface area contributed by atoms with Crippen molar-refractivity contribution in [3.05, 3.63) is 23.8 Å². The quantitative estimate of drug-likeness (QED) is 0.673. The number of nitrogen functional groups attached to an aromatic ring is 1. The number of aromatic carboxylic acids is 1. The van der Waals surface area contributed by atoms with Gasteiger partial charge in [-0.15, -0.1) is 0 Å². The van der Waals surface area contributed by atoms with Crippen molar-refractivity contribution in [3.63, 3.8) is 0 Å². The second-order valence-corrected chi connectivity index (χ2v) is 3.99. The molecule has 0 heterocycles. The standard InChI is InChI=1S/C13H19N3O3/c1-3-16(4-2)11(17)8-15-10-7-5-6-9(12(10)14)13(18)19/h5-7,15H,3-4,8,14H2,1-2H3,(H,18,19). The van der Waals surface area contributed by atoms with Gasteiger partial charge in [0, 0.05) is 13.1 Å². The molecule has 4 N–H and O–H groups in total. The molecule has 104 valence electrons. The predicted octanol–water partition coefficient (Wildman–Crippen LogP) is 1.25. The maximum absolute atomic E-state index is 11.8. The Hall–Kier alpha value is -2.24. The van der Waals surface area contributed by atoms with Crippen molar-refractivity contribution >= 4 is 23.3 Å². The fourth-order valence-corrected chi connectivity index (χ4v) is 1.76. The molecule has 0 radical (unpaired) electrons. The number of carbonyl (C=O) groups excluding carboxylic acids is 1. The molecule has 0 aromatic heterocycles. The minimum atomic E-state index is -1.09. The number of benzene rings is 1. The maximum Gasteiger partial charge on any atom is 0.337 e. The monoisotopic (exact) mass is 265 g/mol. The molecule has 0 saturated carbocycles. The van der Waals surface area contributed by atoms with Gasteiger partial charge in [0.25, 0.3) is 0 Å². The Balaban J connectivity index is 2.76. The summed E-state index contributed by atoms with van der Waals surface area (Å²) in [6, 6.07) is 4.66. The summed E-state index contributed by atoms with van der Waals surface area (Å²) in [6.07, 6.45) is 0. The summed E-state index contributed by atoms with van der Waals surface area (Å²) in [4.78, 5) is 24.4. The van der Waals surface area contributed by atoms with Gasteiger partial charge in [-0.1, -0.05) is 6.07 Å². The average molecular weight is 265 g/mol. The average Bonchev–Trinajstić information content (AvgIpc) is 2.38. The molecule has 1 amide bonds. The second-order valence-electron chi connectivity index (χ2n) is 3.99. The van der Waals surface area contributed by atoms with Crippen LogP contribution in [0.5, 0.6) is 0 Å². The lowest BCUT2D eigenvalue weighted by Crippen LogP contribution is -2.35. The molecular weight excluding hydrogens is 246 g/mol. The van der Waals surface area contributed by atoms with E-state index in [1.54, 1.807) is 17.0 Å². The number of nitrogens with zero attached hydrogens (tertiary/aromatic N) is 1. The third-order valence-corrected chi connectivity index (χ3v) is 2.88. The van der Waals surface area contributed by atoms with E-state index < -0.39 is 5.97 Å². The Morgan fingerprint density at radius 1 is 1.32 bits per heavy atom. The van der Waals surface area contributed by atoms with Gasteiger partial charge in [0.15, 0.2) is 0 Å². The number of para-hydroxylation sites is 1. The Bertz CT molecular complexity index is 470. The minimum absolute atomic E-state index is 0.0280. The van der Waals surface area contributed by atoms with Crippen LogP contribution >= 0.6 is 0 Å². The summed E-state index contributed by atoms with van der Waals surface area (Å²) in [6.45, 7) is 5.18. The largest absolute Gasteiger partial charge is 0.478 e. The van der Waals surface area contributed by atoms with Crippen molar-refractivity contribution in [1.29, 1.82) is 0 Å². The normalized spacial score (nSPS) is 10.0. The predicted molar refractivity (Wildman–Crippen MR) is 74.2 cm³/mol. The van der Waals surface area contributed by atoms with Gasteiger partial charge in [-0.05, 0) is 26.0 Å². The van der Waals surface area contributed by atoms with Crippen LogP contribution in [0.15, 0.2) is 18.2 Å². The number of amides is 1. The zero-order valence-corrected chi connectivity index (χ0v) is 11.1. The second kappa shape index (κ2) is 6.63. The van der Waals surface area contributed by atoms with Crippen LogP contribution in [0.1, 0.15) is 24.2 Å². The smallest absolute Gasteiger partial charge is 0.337 e. The molecule has 0 saturated heterocycles. The molecule has 0 bridgehead atoms. The fourth-order valence-electron chi connectivity index (χ4n) is 1.76. The molecule has 1 aromatic carbocycles. The van der Waals surface area contributed by atoms with Crippen molar-refractivity contribution in [3.8, 4) is 0 Å². The molecule has 6 heteroatoms. The molecule has 1 aromatic rings. The van der Waals surface area contributed by atoms with E-state index in [4.69, 9.17) is 10.8 Å². The van der Waals surface area contributed by atoms with Gasteiger partial charge < -0.3 is 21.1 Å². The Morgan fingerprint density at radius 2 is 1.95 bits per heavy atom. The third kappa shape index (κ3) is 3.61. The molecule has 0 aliphatic heterocycles. The number of likely N-dealkylation sites (N-methyl/N-ethyl adjacent to an activating group) is 1. The van der Waals surface area contributed by atoms with Crippen LogP contribution in [-0.4, -0.2) is 41.5 Å². The number of hydrogen-bond donors (Lipinski definition) is 3. The van der Waals surface area contributed by atoms with E-state index >= 15 is 0 Å². The Kier molecular flexibility index (Phi) is 5.17. The molecule has 6 nitrogen and oxygen atoms in total. The highest BCUT2D eigenvalue weighted by Gasteiger charge is 2.13. The molecule has 0 unspecified atom stereocenters. The van der Waals surface area contributed by atoms with E-state index in [0.717, 1.165) is 0 Å². The van der Waals surface area contributed by atoms with Crippen LogP contribution < -0.4 is 11.1 Å². The highest BCUT2D eigenvalue weighted by atomic mass is 16.4. The topological polar surface area (TPSA) is 95.7 Å². The van der Waals surface area contributed by atoms with E-state index in [0.29, 0.717) is 18.8 Å². The molecule has 19 heavy (non-hydrogen) atoms. The maximum atomic E-state index is 11.8. The Morgan fingerprint density at radius 3 is 2.47 bits per heavy atom. The number of nitrogens with one attached hydrogen (secondary N) is 1. The van der Waals surface area contributed by atoms with Crippen LogP contribution in [0.4, 0.5) is 11.4 Å². The zero-order valence-electron chi connectivity index (χ0n) is 11.1. The van der Waals surface area contributed by atoms with Crippen LogP contribution in [-0.2, 0) is 4.79 Å². The summed E-state index contributed by atoms with van der Waals surface area (Å²) in [5.74, 6) is -1.14. The number of anilines is 2. The van der Waals surface area contributed by atoms with E-state index in [1.807, 2.05) is 13.8 Å². The van der Waals surface area contributed by atoms with Gasteiger partial charge in [-0.3, -0.25) is 4.79 Å². The fraction of sp³-hybridized carbons (Fsp3) is 0.385. The lowest BCUT2D eigenvalue weighted by atomic mass is 10.1. The van der Waals surface area contributed by atoms with Crippen molar-refractivity contribution in [2.45, 2.75) is 13.8 Å². The van der Waals surface area contributed by atoms with Gasteiger partial charge in [-0.25, -0.2) is 4.79 Å². The van der Waals surface area contributed by atoms with Crippen LogP contribution in [0.3, 0.4) is 0 Å². The molecule has 1 rings (SSSR count). The summed E-state index contributed by atoms with van der Waals surface area (Å²) < 4.78 is 0. The first-order chi connectivity index (χ1) is 9.01. The number of rotatable bonds is 6. The first-order valence-electron chi connectivity index (χ1n) is 6.14. The first kappa shape index (κ1) is 14.8. The lowest BCUT2D eigenvalue weighted by Gasteiger charge is -2.19. The summed E-state index contributed by atoms with van der Waals surface area (Å²) in [5, 5.41) is 11.8. The lowest BCUT2D eigenvalue weighted by molar-refractivity contribution is -0.128. The van der Waals surface area contributed by atoms with E-state index in [2.05, 4.69) is 5.32 Å². The number of nitrogens with two attached hydrogens (primary N) is 1. The van der Waals surface area contributed by atoms with Crippen LogP contribution in [0.2, 0.25) is 0 Å². The van der Waals surface area contributed by atoms with Crippen molar-refractivity contribution < 1.29 is 14.7 Å². The highest BCUT2D eigenvalue weighted by Crippen LogP contribution is 2.22. The van der Waals surface area contributed by atoms with Gasteiger partial charge in [0.2, 0.25) is 5.91 Å². The van der Waals surface area contributed by atoms with Gasteiger partial charge in [-0.2, -0.15) is 0 Å². The number of carboxylic acids is 1. The number of hydrogen-bond acceptors (Lipinski definition) is 4. The molecule has 0 atom stereocenters. The van der Waals surface area contributed by atoms with E-state index in [9.17, 15) is 9.59 Å². The highest BCUT2D eigenvalue weighted by molar-refractivity contribution is 5.97. The van der Waals surface area contributed by atoms with Crippen LogP contribution in [0.25, 0.3) is 0 Å². The number of carbonyl (C=O) groups is 2. The van der Waals surface area contributed by atoms with E-state index in [1.165, 1.54) is 6.07 Å². The molecule has 0 aliphatic rings. The molecule has 0 aliphatic carbocycles. The molecule has 0 spiro atoms. The van der Waals surface area contributed by atoms with Crippen molar-refractivity contribution in [1.82, 2.24) is 4.90 Å². The first-order valence-corrected chi connectivity index (χ1v) is 6.14. The summed E-state index contributed by atoms with van der Waals surface area (Å²) in [7, 11) is 0. The third-order valence-electron chi connectivity index (χ3n) is 2.88. The van der Waals surface area contributed by atoms with Crippen LogP contribution in [0, 0.1) is 0 Å². The minimum Gasteiger partial charge on any atom is -0.478 e. The SMILES string of the molecule is CCN(CC)C(=O)CNc1cccc(C(=O)O)c1N. The number of carboxylic acid groups (broad SMARTS) is 1. The Labute approximate surface area is 112 Å². The van der Waals surface area contributed by atoms with Gasteiger partial charge >= 0.3 is 5.97 Å². The van der Waals surface area contributed by atoms with E-state index in [-0.39, 0.29) is 23.7 Å².